The van der Waals surface area contributed by atoms with Gasteiger partial charge in [-0.05, 0) is 36.6 Å². The third-order valence-corrected chi connectivity index (χ3v) is 5.97. The highest BCUT2D eigenvalue weighted by Gasteiger charge is 2.17. The number of H-pyrrole nitrogens is 1. The van der Waals surface area contributed by atoms with Gasteiger partial charge >= 0.3 is 5.69 Å². The van der Waals surface area contributed by atoms with Gasteiger partial charge in [-0.3, -0.25) is 14.1 Å². The van der Waals surface area contributed by atoms with Crippen LogP contribution in [0, 0.1) is 0 Å². The SMILES string of the molecule is CCCCc1cn(-c2nncn2CC)c(=O)n1Cc1ccc(-c2ccccc2-c2nn[nH]n2)cn1. The number of rotatable bonds is 9. The van der Waals surface area contributed by atoms with Gasteiger partial charge in [0.2, 0.25) is 11.8 Å². The molecule has 0 atom stereocenters. The third-order valence-electron chi connectivity index (χ3n) is 5.97. The fourth-order valence-electron chi connectivity index (χ4n) is 4.10. The van der Waals surface area contributed by atoms with E-state index in [9.17, 15) is 4.79 Å². The molecule has 4 aromatic heterocycles. The number of tetrazole rings is 1. The molecule has 0 fully saturated rings. The summed E-state index contributed by atoms with van der Waals surface area (Å²) in [5, 5.41) is 22.5. The molecule has 178 valence electrons. The maximum Gasteiger partial charge on any atom is 0.335 e. The summed E-state index contributed by atoms with van der Waals surface area (Å²) in [6, 6.07) is 11.8. The quantitative estimate of drug-likeness (QED) is 0.351. The molecule has 0 aliphatic heterocycles. The summed E-state index contributed by atoms with van der Waals surface area (Å²) >= 11 is 0. The third kappa shape index (κ3) is 4.39. The number of nitrogens with one attached hydrogen (secondary N) is 1. The second-order valence-corrected chi connectivity index (χ2v) is 8.20. The summed E-state index contributed by atoms with van der Waals surface area (Å²) in [5.74, 6) is 1.05. The molecule has 0 aliphatic rings. The zero-order chi connectivity index (χ0) is 24.2. The number of aromatic amines is 1. The summed E-state index contributed by atoms with van der Waals surface area (Å²) in [6.45, 7) is 5.19. The van der Waals surface area contributed by atoms with E-state index in [1.807, 2.05) is 60.3 Å². The number of hydrogen-bond acceptors (Lipinski definition) is 7. The van der Waals surface area contributed by atoms with Crippen LogP contribution in [-0.2, 0) is 19.5 Å². The summed E-state index contributed by atoms with van der Waals surface area (Å²) in [6.07, 6.45) is 8.16. The van der Waals surface area contributed by atoms with Crippen LogP contribution in [0.3, 0.4) is 0 Å². The van der Waals surface area contributed by atoms with E-state index in [1.54, 1.807) is 15.5 Å². The predicted octanol–water partition coefficient (Wildman–Crippen LogP) is 2.88. The van der Waals surface area contributed by atoms with Gasteiger partial charge in [0.05, 0.1) is 12.2 Å². The first-order valence-electron chi connectivity index (χ1n) is 11.7. The maximum atomic E-state index is 13.4. The molecule has 5 rings (SSSR count). The highest BCUT2D eigenvalue weighted by molar-refractivity contribution is 5.79. The van der Waals surface area contributed by atoms with E-state index in [4.69, 9.17) is 0 Å². The Balaban J connectivity index is 1.47. The number of hydrogen-bond donors (Lipinski definition) is 1. The lowest BCUT2D eigenvalue weighted by molar-refractivity contribution is 0.653. The van der Waals surface area contributed by atoms with Crippen molar-refractivity contribution >= 4 is 0 Å². The minimum atomic E-state index is -0.146. The minimum Gasteiger partial charge on any atom is -0.299 e. The second-order valence-electron chi connectivity index (χ2n) is 8.20. The molecule has 0 unspecified atom stereocenters. The van der Waals surface area contributed by atoms with Gasteiger partial charge < -0.3 is 0 Å². The molecule has 11 heteroatoms. The Hall–Kier alpha value is -4.41. The van der Waals surface area contributed by atoms with Crippen molar-refractivity contribution in [1.82, 2.24) is 49.5 Å². The molecular weight excluding hydrogens is 444 g/mol. The van der Waals surface area contributed by atoms with Gasteiger partial charge in [0, 0.05) is 35.8 Å². The van der Waals surface area contributed by atoms with E-state index < -0.39 is 0 Å². The van der Waals surface area contributed by atoms with Gasteiger partial charge in [-0.1, -0.05) is 43.7 Å². The van der Waals surface area contributed by atoms with Crippen LogP contribution >= 0.6 is 0 Å². The number of aryl methyl sites for hydroxylation is 2. The summed E-state index contributed by atoms with van der Waals surface area (Å²) in [4.78, 5) is 18.1. The second kappa shape index (κ2) is 9.84. The predicted molar refractivity (Wildman–Crippen MR) is 130 cm³/mol. The van der Waals surface area contributed by atoms with Gasteiger partial charge in [0.1, 0.15) is 6.33 Å². The lowest BCUT2D eigenvalue weighted by Crippen LogP contribution is -2.26. The molecule has 35 heavy (non-hydrogen) atoms. The molecule has 11 nitrogen and oxygen atoms in total. The van der Waals surface area contributed by atoms with E-state index >= 15 is 0 Å². The fourth-order valence-corrected chi connectivity index (χ4v) is 4.10. The molecule has 0 radical (unpaired) electrons. The Morgan fingerprint density at radius 2 is 1.89 bits per heavy atom. The van der Waals surface area contributed by atoms with Gasteiger partial charge in [-0.25, -0.2) is 9.36 Å². The average molecular weight is 471 g/mol. The maximum absolute atomic E-state index is 13.4. The first kappa shape index (κ1) is 22.4. The van der Waals surface area contributed by atoms with Crippen molar-refractivity contribution in [2.24, 2.45) is 0 Å². The Labute approximate surface area is 201 Å². The van der Waals surface area contributed by atoms with E-state index in [1.165, 1.54) is 0 Å². The van der Waals surface area contributed by atoms with Crippen LogP contribution in [0.2, 0.25) is 0 Å². The van der Waals surface area contributed by atoms with Crippen molar-refractivity contribution in [3.05, 3.63) is 77.0 Å². The number of imidazole rings is 1. The van der Waals surface area contributed by atoms with Gasteiger partial charge in [-0.15, -0.1) is 20.4 Å². The molecule has 0 amide bonds. The van der Waals surface area contributed by atoms with E-state index in [0.717, 1.165) is 47.3 Å². The summed E-state index contributed by atoms with van der Waals surface area (Å²) in [5.41, 5.74) is 4.36. The molecular formula is C24H26N10O. The first-order chi connectivity index (χ1) is 17.2. The zero-order valence-corrected chi connectivity index (χ0v) is 19.7. The highest BCUT2D eigenvalue weighted by Crippen LogP contribution is 2.29. The van der Waals surface area contributed by atoms with Crippen molar-refractivity contribution in [3.63, 3.8) is 0 Å². The van der Waals surface area contributed by atoms with E-state index in [0.29, 0.717) is 24.9 Å². The molecule has 0 aliphatic carbocycles. The van der Waals surface area contributed by atoms with Crippen molar-refractivity contribution in [1.29, 1.82) is 0 Å². The number of benzene rings is 1. The zero-order valence-electron chi connectivity index (χ0n) is 19.7. The Kier molecular flexibility index (Phi) is 6.29. The van der Waals surface area contributed by atoms with Crippen LogP contribution in [0.25, 0.3) is 28.5 Å². The lowest BCUT2D eigenvalue weighted by atomic mass is 10.0. The minimum absolute atomic E-state index is 0.146. The molecule has 5 aromatic rings. The lowest BCUT2D eigenvalue weighted by Gasteiger charge is -2.09. The summed E-state index contributed by atoms with van der Waals surface area (Å²) in [7, 11) is 0. The first-order valence-corrected chi connectivity index (χ1v) is 11.7. The number of aromatic nitrogens is 10. The van der Waals surface area contributed by atoms with Crippen molar-refractivity contribution < 1.29 is 0 Å². The van der Waals surface area contributed by atoms with Gasteiger partial charge in [-0.2, -0.15) is 5.21 Å². The summed E-state index contributed by atoms with van der Waals surface area (Å²) < 4.78 is 5.21. The van der Waals surface area contributed by atoms with Gasteiger partial charge in [0.25, 0.3) is 0 Å². The smallest absolute Gasteiger partial charge is 0.299 e. The average Bonchev–Trinajstić information content (AvgIpc) is 3.65. The monoisotopic (exact) mass is 470 g/mol. The highest BCUT2D eigenvalue weighted by atomic mass is 16.2. The number of nitrogens with zero attached hydrogens (tertiary/aromatic N) is 9. The molecule has 0 bridgehead atoms. The van der Waals surface area contributed by atoms with E-state index in [-0.39, 0.29) is 5.69 Å². The largest absolute Gasteiger partial charge is 0.335 e. The van der Waals surface area contributed by atoms with E-state index in [2.05, 4.69) is 42.7 Å². The molecule has 1 aromatic carbocycles. The van der Waals surface area contributed by atoms with Crippen LogP contribution in [0.15, 0.2) is 59.9 Å². The Morgan fingerprint density at radius 1 is 1.03 bits per heavy atom. The molecule has 0 saturated carbocycles. The molecule has 0 saturated heterocycles. The standard InChI is InChI=1S/C24H26N10O/c1-3-5-8-19-15-34(23-29-26-16-32(23)4-2)24(35)33(19)14-18-12-11-17(13-25-18)20-9-6-7-10-21(20)22-27-30-31-28-22/h6-7,9-13,15-16H,3-5,8,14H2,1-2H3,(H,27,28,30,31). The van der Waals surface area contributed by atoms with Crippen molar-refractivity contribution in [3.8, 4) is 28.5 Å². The molecule has 0 spiro atoms. The fraction of sp³-hybridized carbons (Fsp3) is 0.292. The molecule has 1 N–H and O–H groups in total. The normalized spacial score (nSPS) is 11.3. The van der Waals surface area contributed by atoms with Crippen LogP contribution in [0.5, 0.6) is 0 Å². The van der Waals surface area contributed by atoms with Crippen molar-refractivity contribution in [2.45, 2.75) is 46.2 Å². The van der Waals surface area contributed by atoms with Gasteiger partial charge in [0.15, 0.2) is 0 Å². The van der Waals surface area contributed by atoms with Crippen LogP contribution in [-0.4, -0.2) is 49.5 Å². The Morgan fingerprint density at radius 3 is 2.60 bits per heavy atom. The van der Waals surface area contributed by atoms with Crippen molar-refractivity contribution in [2.75, 3.05) is 0 Å². The molecule has 4 heterocycles. The number of unbranched alkanes of at least 4 members (excludes halogenated alkanes) is 1. The Bertz CT molecular complexity index is 1460. The topological polar surface area (TPSA) is 125 Å². The van der Waals surface area contributed by atoms with Crippen LogP contribution < -0.4 is 5.69 Å². The number of pyridine rings is 1. The van der Waals surface area contributed by atoms with Crippen LogP contribution in [0.1, 0.15) is 38.1 Å². The van der Waals surface area contributed by atoms with Crippen LogP contribution in [0.4, 0.5) is 0 Å².